The third-order valence-corrected chi connectivity index (χ3v) is 3.71. The van der Waals surface area contributed by atoms with Gasteiger partial charge in [0, 0.05) is 18.8 Å². The first-order chi connectivity index (χ1) is 7.25. The van der Waals surface area contributed by atoms with Crippen molar-refractivity contribution in [3.05, 3.63) is 11.8 Å². The lowest BCUT2D eigenvalue weighted by Crippen LogP contribution is -2.17. The highest BCUT2D eigenvalue weighted by molar-refractivity contribution is 7.99. The summed E-state index contributed by atoms with van der Waals surface area (Å²) in [5, 5.41) is 9.13. The van der Waals surface area contributed by atoms with Gasteiger partial charge >= 0.3 is 0 Å². The predicted octanol–water partition coefficient (Wildman–Crippen LogP) is 1.96. The predicted molar refractivity (Wildman–Crippen MR) is 64.3 cm³/mol. The van der Waals surface area contributed by atoms with E-state index in [1.54, 1.807) is 0 Å². The van der Waals surface area contributed by atoms with Gasteiger partial charge < -0.3 is 5.32 Å². The van der Waals surface area contributed by atoms with Gasteiger partial charge in [-0.15, -0.1) is 11.8 Å². The van der Waals surface area contributed by atoms with Crippen molar-refractivity contribution in [1.82, 2.24) is 15.1 Å². The Kier molecular flexibility index (Phi) is 3.70. The minimum atomic E-state index is 0.842. The van der Waals surface area contributed by atoms with Crippen molar-refractivity contribution >= 4 is 11.8 Å². The van der Waals surface area contributed by atoms with E-state index < -0.39 is 0 Å². The Hall–Kier alpha value is -0.480. The molecule has 0 aliphatic heterocycles. The molecule has 3 nitrogen and oxygen atoms in total. The lowest BCUT2D eigenvalue weighted by atomic mass is 10.5. The second-order valence-electron chi connectivity index (χ2n) is 4.18. The van der Waals surface area contributed by atoms with Gasteiger partial charge in [0.25, 0.3) is 0 Å². The molecular formula is C11H19N3S. The largest absolute Gasteiger partial charge is 0.314 e. The second-order valence-corrected chi connectivity index (χ2v) is 5.29. The van der Waals surface area contributed by atoms with E-state index in [4.69, 9.17) is 0 Å². The maximum absolute atomic E-state index is 4.33. The van der Waals surface area contributed by atoms with E-state index in [0.717, 1.165) is 18.3 Å². The molecule has 1 fully saturated rings. The molecule has 1 aromatic rings. The monoisotopic (exact) mass is 225 g/mol. The lowest BCUT2D eigenvalue weighted by Gasteiger charge is -2.02. The van der Waals surface area contributed by atoms with Crippen LogP contribution in [0.2, 0.25) is 0 Å². The first kappa shape index (κ1) is 11.0. The quantitative estimate of drug-likeness (QED) is 0.593. The highest BCUT2D eigenvalue weighted by Crippen LogP contribution is 2.20. The van der Waals surface area contributed by atoms with Crippen molar-refractivity contribution in [2.75, 3.05) is 12.3 Å². The van der Waals surface area contributed by atoms with Gasteiger partial charge in [0.15, 0.2) is 0 Å². The summed E-state index contributed by atoms with van der Waals surface area (Å²) in [6.45, 7) is 3.20. The molecule has 15 heavy (non-hydrogen) atoms. The molecule has 1 aromatic heterocycles. The molecule has 1 aliphatic rings. The van der Waals surface area contributed by atoms with E-state index in [1.807, 2.05) is 30.4 Å². The average Bonchev–Trinajstić information content (AvgIpc) is 2.94. The SMILES string of the molecule is Cc1cc(SCCCNC2CC2)n(C)n1. The summed E-state index contributed by atoms with van der Waals surface area (Å²) in [6, 6.07) is 2.99. The van der Waals surface area contributed by atoms with Crippen LogP contribution in [0.25, 0.3) is 0 Å². The Morgan fingerprint density at radius 3 is 3.00 bits per heavy atom. The number of thioether (sulfide) groups is 1. The van der Waals surface area contributed by atoms with Gasteiger partial charge in [-0.2, -0.15) is 5.10 Å². The Balaban J connectivity index is 1.62. The molecule has 0 unspecified atom stereocenters. The van der Waals surface area contributed by atoms with Crippen molar-refractivity contribution in [2.24, 2.45) is 7.05 Å². The van der Waals surface area contributed by atoms with Crippen LogP contribution in [0, 0.1) is 6.92 Å². The molecular weight excluding hydrogens is 206 g/mol. The summed E-state index contributed by atoms with van der Waals surface area (Å²) < 4.78 is 1.97. The van der Waals surface area contributed by atoms with Crippen LogP contribution in [-0.4, -0.2) is 28.1 Å². The molecule has 4 heteroatoms. The summed E-state index contributed by atoms with van der Waals surface area (Å²) in [5.41, 5.74) is 1.11. The normalized spacial score (nSPS) is 15.9. The molecule has 2 rings (SSSR count). The average molecular weight is 225 g/mol. The molecule has 0 amide bonds. The number of aromatic nitrogens is 2. The lowest BCUT2D eigenvalue weighted by molar-refractivity contribution is 0.670. The van der Waals surface area contributed by atoms with E-state index in [1.165, 1.54) is 30.0 Å². The molecule has 1 heterocycles. The molecule has 84 valence electrons. The van der Waals surface area contributed by atoms with Gasteiger partial charge in [0.2, 0.25) is 0 Å². The number of nitrogens with one attached hydrogen (secondary N) is 1. The van der Waals surface area contributed by atoms with Crippen LogP contribution in [0.5, 0.6) is 0 Å². The van der Waals surface area contributed by atoms with Gasteiger partial charge in [-0.3, -0.25) is 4.68 Å². The summed E-state index contributed by atoms with van der Waals surface area (Å²) in [6.07, 6.45) is 4.01. The molecule has 1 N–H and O–H groups in total. The molecule has 0 saturated heterocycles. The highest BCUT2D eigenvalue weighted by atomic mass is 32.2. The Morgan fingerprint density at radius 1 is 1.60 bits per heavy atom. The number of hydrogen-bond acceptors (Lipinski definition) is 3. The standard InChI is InChI=1S/C11H19N3S/c1-9-8-11(14(2)13-9)15-7-3-6-12-10-4-5-10/h8,10,12H,3-7H2,1-2H3. The maximum Gasteiger partial charge on any atom is 0.0939 e. The number of rotatable bonds is 6. The maximum atomic E-state index is 4.33. The van der Waals surface area contributed by atoms with E-state index in [2.05, 4.69) is 16.5 Å². The van der Waals surface area contributed by atoms with Gasteiger partial charge in [-0.1, -0.05) is 0 Å². The van der Waals surface area contributed by atoms with Crippen LogP contribution in [0.1, 0.15) is 25.0 Å². The third-order valence-electron chi connectivity index (χ3n) is 2.54. The fourth-order valence-electron chi connectivity index (χ4n) is 1.56. The van der Waals surface area contributed by atoms with E-state index >= 15 is 0 Å². The van der Waals surface area contributed by atoms with E-state index in [-0.39, 0.29) is 0 Å². The summed E-state index contributed by atoms with van der Waals surface area (Å²) in [4.78, 5) is 0. The van der Waals surface area contributed by atoms with E-state index in [9.17, 15) is 0 Å². The van der Waals surface area contributed by atoms with Crippen LogP contribution >= 0.6 is 11.8 Å². The van der Waals surface area contributed by atoms with Crippen molar-refractivity contribution < 1.29 is 0 Å². The topological polar surface area (TPSA) is 29.9 Å². The molecule has 0 aromatic carbocycles. The first-order valence-electron chi connectivity index (χ1n) is 5.62. The van der Waals surface area contributed by atoms with Crippen LogP contribution in [0.3, 0.4) is 0 Å². The molecule has 0 radical (unpaired) electrons. The van der Waals surface area contributed by atoms with Crippen LogP contribution in [0.15, 0.2) is 11.1 Å². The number of nitrogens with zero attached hydrogens (tertiary/aromatic N) is 2. The number of aryl methyl sites for hydroxylation is 2. The minimum Gasteiger partial charge on any atom is -0.314 e. The van der Waals surface area contributed by atoms with Gasteiger partial charge in [-0.25, -0.2) is 0 Å². The van der Waals surface area contributed by atoms with Crippen molar-refractivity contribution in [2.45, 2.75) is 37.3 Å². The zero-order valence-corrected chi connectivity index (χ0v) is 10.3. The number of hydrogen-bond donors (Lipinski definition) is 1. The zero-order chi connectivity index (χ0) is 10.7. The molecule has 0 atom stereocenters. The Morgan fingerprint density at radius 2 is 2.40 bits per heavy atom. The minimum absolute atomic E-state index is 0.842. The van der Waals surface area contributed by atoms with Crippen LogP contribution < -0.4 is 5.32 Å². The van der Waals surface area contributed by atoms with Gasteiger partial charge in [0.1, 0.15) is 0 Å². The molecule has 1 aliphatic carbocycles. The fourth-order valence-corrected chi connectivity index (χ4v) is 2.54. The molecule has 0 bridgehead atoms. The second kappa shape index (κ2) is 5.03. The molecule has 1 saturated carbocycles. The van der Waals surface area contributed by atoms with Crippen LogP contribution in [-0.2, 0) is 7.05 Å². The van der Waals surface area contributed by atoms with E-state index in [0.29, 0.717) is 0 Å². The van der Waals surface area contributed by atoms with Gasteiger partial charge in [-0.05, 0) is 38.8 Å². The van der Waals surface area contributed by atoms with Crippen LogP contribution in [0.4, 0.5) is 0 Å². The summed E-state index contributed by atoms with van der Waals surface area (Å²) in [7, 11) is 2.01. The van der Waals surface area contributed by atoms with Crippen molar-refractivity contribution in [3.8, 4) is 0 Å². The fraction of sp³-hybridized carbons (Fsp3) is 0.727. The van der Waals surface area contributed by atoms with Gasteiger partial charge in [0.05, 0.1) is 10.7 Å². The molecule has 0 spiro atoms. The summed E-state index contributed by atoms with van der Waals surface area (Å²) >= 11 is 1.90. The smallest absolute Gasteiger partial charge is 0.0939 e. The highest BCUT2D eigenvalue weighted by Gasteiger charge is 2.19. The zero-order valence-electron chi connectivity index (χ0n) is 9.49. The first-order valence-corrected chi connectivity index (χ1v) is 6.61. The Bertz CT molecular complexity index is 318. The van der Waals surface area contributed by atoms with Crippen molar-refractivity contribution in [1.29, 1.82) is 0 Å². The summed E-state index contributed by atoms with van der Waals surface area (Å²) in [5.74, 6) is 1.18. The Labute approximate surface area is 95.6 Å². The third kappa shape index (κ3) is 3.54. The van der Waals surface area contributed by atoms with Crippen molar-refractivity contribution in [3.63, 3.8) is 0 Å².